The van der Waals surface area contributed by atoms with Gasteiger partial charge in [-0.2, -0.15) is 0 Å². The maximum absolute atomic E-state index is 12.8. The van der Waals surface area contributed by atoms with Gasteiger partial charge in [-0.1, -0.05) is 12.1 Å². The van der Waals surface area contributed by atoms with Crippen LogP contribution in [0, 0.1) is 12.8 Å². The van der Waals surface area contributed by atoms with Crippen LogP contribution in [0.25, 0.3) is 10.9 Å². The second-order valence-electron chi connectivity index (χ2n) is 7.58. The van der Waals surface area contributed by atoms with Crippen molar-refractivity contribution in [2.45, 2.75) is 31.7 Å². The van der Waals surface area contributed by atoms with E-state index in [0.717, 1.165) is 19.4 Å². The summed E-state index contributed by atoms with van der Waals surface area (Å²) in [7, 11) is 2.16. The van der Waals surface area contributed by atoms with Gasteiger partial charge in [0.15, 0.2) is 5.13 Å². The third-order valence-electron chi connectivity index (χ3n) is 6.10. The van der Waals surface area contributed by atoms with Gasteiger partial charge in [-0.3, -0.25) is 4.79 Å². The number of amides is 1. The number of hydrogen-bond donors (Lipinski definition) is 2. The standard InChI is InChI=1S/C20H22N4OS/c1-11-14-9-17-15(13-4-3-5-16(22-11)18(13)14)8-12(10-24(17)2)19(25)23-20-21-6-7-26-20/h3-7,12,15,17,22H,8-10H2,1-2H3,(H,21,23,25)/t12-,15?,17-/m1/s1. The summed E-state index contributed by atoms with van der Waals surface area (Å²) in [5, 5.41) is 6.95. The lowest BCUT2D eigenvalue weighted by atomic mass is 9.72. The lowest BCUT2D eigenvalue weighted by molar-refractivity contribution is -0.122. The monoisotopic (exact) mass is 366 g/mol. The number of nitrogens with zero attached hydrogens (tertiary/aromatic N) is 2. The molecule has 1 fully saturated rings. The van der Waals surface area contributed by atoms with E-state index in [9.17, 15) is 4.79 Å². The van der Waals surface area contributed by atoms with Gasteiger partial charge in [0.1, 0.15) is 0 Å². The molecule has 0 saturated carbocycles. The summed E-state index contributed by atoms with van der Waals surface area (Å²) in [6.45, 7) is 2.97. The van der Waals surface area contributed by atoms with Crippen LogP contribution in [0.4, 0.5) is 5.13 Å². The van der Waals surface area contributed by atoms with Crippen LogP contribution in [0.2, 0.25) is 0 Å². The van der Waals surface area contributed by atoms with Crippen molar-refractivity contribution in [3.63, 3.8) is 0 Å². The maximum Gasteiger partial charge on any atom is 0.230 e. The highest BCUT2D eigenvalue weighted by Crippen LogP contribution is 2.45. The summed E-state index contributed by atoms with van der Waals surface area (Å²) in [4.78, 5) is 22.9. The fourth-order valence-electron chi connectivity index (χ4n) is 4.89. The van der Waals surface area contributed by atoms with E-state index >= 15 is 0 Å². The molecule has 1 aromatic carbocycles. The summed E-state index contributed by atoms with van der Waals surface area (Å²) in [5.41, 5.74) is 5.36. The smallest absolute Gasteiger partial charge is 0.230 e. The van der Waals surface area contributed by atoms with Crippen LogP contribution < -0.4 is 5.32 Å². The van der Waals surface area contributed by atoms with E-state index in [-0.39, 0.29) is 11.8 Å². The molecule has 6 heteroatoms. The van der Waals surface area contributed by atoms with Crippen molar-refractivity contribution in [1.82, 2.24) is 14.9 Å². The number of rotatable bonds is 2. The predicted molar refractivity (Wildman–Crippen MR) is 105 cm³/mol. The number of carbonyl (C=O) groups is 1. The van der Waals surface area contributed by atoms with Gasteiger partial charge in [-0.05, 0) is 44.0 Å². The third kappa shape index (κ3) is 2.40. The number of anilines is 1. The van der Waals surface area contributed by atoms with Crippen LogP contribution in [0.1, 0.15) is 29.2 Å². The summed E-state index contributed by atoms with van der Waals surface area (Å²) in [5.74, 6) is 0.475. The van der Waals surface area contributed by atoms with E-state index in [4.69, 9.17) is 0 Å². The van der Waals surface area contributed by atoms with Crippen molar-refractivity contribution >= 4 is 33.3 Å². The molecule has 3 aromatic rings. The Labute approximate surface area is 156 Å². The number of likely N-dealkylation sites (N-methyl/N-ethyl adjacent to an activating group) is 1. The van der Waals surface area contributed by atoms with Crippen LogP contribution in [0.3, 0.4) is 0 Å². The van der Waals surface area contributed by atoms with Crippen molar-refractivity contribution < 1.29 is 4.79 Å². The molecule has 3 heterocycles. The Morgan fingerprint density at radius 2 is 2.31 bits per heavy atom. The Balaban J connectivity index is 1.49. The average Bonchev–Trinajstić information content (AvgIpc) is 3.24. The largest absolute Gasteiger partial charge is 0.358 e. The highest BCUT2D eigenvalue weighted by atomic mass is 32.1. The number of hydrogen-bond acceptors (Lipinski definition) is 4. The number of benzene rings is 1. The first kappa shape index (κ1) is 16.0. The topological polar surface area (TPSA) is 61.0 Å². The first-order valence-corrected chi connectivity index (χ1v) is 10.0. The number of aromatic amines is 1. The molecule has 134 valence electrons. The number of thiazole rings is 1. The molecule has 2 aliphatic rings. The zero-order valence-corrected chi connectivity index (χ0v) is 15.8. The number of piperidine rings is 1. The normalized spacial score (nSPS) is 25.2. The van der Waals surface area contributed by atoms with Gasteiger partial charge in [0.2, 0.25) is 5.91 Å². The van der Waals surface area contributed by atoms with E-state index in [1.807, 2.05) is 5.38 Å². The highest BCUT2D eigenvalue weighted by Gasteiger charge is 2.41. The third-order valence-corrected chi connectivity index (χ3v) is 6.79. The number of fused-ring (bicyclic) bond motifs is 2. The van der Waals surface area contributed by atoms with Crippen LogP contribution in [0.5, 0.6) is 0 Å². The van der Waals surface area contributed by atoms with Crippen LogP contribution in [-0.2, 0) is 11.2 Å². The Morgan fingerprint density at radius 1 is 1.42 bits per heavy atom. The van der Waals surface area contributed by atoms with Crippen molar-refractivity contribution in [2.75, 3.05) is 18.9 Å². The summed E-state index contributed by atoms with van der Waals surface area (Å²) >= 11 is 1.47. The van der Waals surface area contributed by atoms with Crippen LogP contribution >= 0.6 is 11.3 Å². The van der Waals surface area contributed by atoms with Crippen molar-refractivity contribution in [2.24, 2.45) is 5.92 Å². The SMILES string of the molecule is Cc1[nH]c2cccc3c2c1C[C@@H]1C3C[C@@H](C(=O)Nc2nccs2)CN1C. The summed E-state index contributed by atoms with van der Waals surface area (Å²) in [6, 6.07) is 7.02. The Bertz CT molecular complexity index is 977. The number of nitrogens with one attached hydrogen (secondary N) is 2. The molecule has 3 atom stereocenters. The minimum absolute atomic E-state index is 0.0120. The van der Waals surface area contributed by atoms with Crippen molar-refractivity contribution in [3.05, 3.63) is 46.6 Å². The van der Waals surface area contributed by atoms with Crippen LogP contribution in [0.15, 0.2) is 29.8 Å². The fourth-order valence-corrected chi connectivity index (χ4v) is 5.42. The van der Waals surface area contributed by atoms with E-state index in [0.29, 0.717) is 17.1 Å². The molecule has 0 spiro atoms. The lowest BCUT2D eigenvalue weighted by Crippen LogP contribution is -2.50. The lowest BCUT2D eigenvalue weighted by Gasteiger charge is -2.45. The minimum atomic E-state index is -0.0120. The molecule has 1 aliphatic carbocycles. The van der Waals surface area contributed by atoms with Crippen LogP contribution in [-0.4, -0.2) is 40.4 Å². The molecule has 2 N–H and O–H groups in total. The summed E-state index contributed by atoms with van der Waals surface area (Å²) < 4.78 is 0. The Morgan fingerprint density at radius 3 is 3.12 bits per heavy atom. The zero-order valence-electron chi connectivity index (χ0n) is 15.0. The molecule has 1 aliphatic heterocycles. The number of aromatic nitrogens is 2. The number of likely N-dealkylation sites (tertiary alicyclic amines) is 1. The van der Waals surface area contributed by atoms with Gasteiger partial charge >= 0.3 is 0 Å². The van der Waals surface area contributed by atoms with Gasteiger partial charge in [-0.15, -0.1) is 11.3 Å². The molecule has 2 aromatic heterocycles. The first-order valence-electron chi connectivity index (χ1n) is 9.12. The maximum atomic E-state index is 12.8. The Hall–Kier alpha value is -2.18. The zero-order chi connectivity index (χ0) is 17.8. The Kier molecular flexibility index (Phi) is 3.65. The molecular weight excluding hydrogens is 344 g/mol. The summed E-state index contributed by atoms with van der Waals surface area (Å²) in [6.07, 6.45) is 3.68. The molecule has 0 radical (unpaired) electrons. The molecular formula is C20H22N4OS. The number of H-pyrrole nitrogens is 1. The number of aryl methyl sites for hydroxylation is 1. The molecule has 0 bridgehead atoms. The molecule has 26 heavy (non-hydrogen) atoms. The quantitative estimate of drug-likeness (QED) is 0.729. The molecule has 5 nitrogen and oxygen atoms in total. The molecule has 1 amide bonds. The van der Waals surface area contributed by atoms with Gasteiger partial charge in [0.05, 0.1) is 5.92 Å². The number of carbonyl (C=O) groups excluding carboxylic acids is 1. The van der Waals surface area contributed by atoms with Gasteiger partial charge in [-0.25, -0.2) is 4.98 Å². The molecule has 5 rings (SSSR count). The first-order chi connectivity index (χ1) is 12.6. The molecule has 1 saturated heterocycles. The van der Waals surface area contributed by atoms with E-state index < -0.39 is 0 Å². The highest BCUT2D eigenvalue weighted by molar-refractivity contribution is 7.13. The van der Waals surface area contributed by atoms with E-state index in [1.165, 1.54) is 39.1 Å². The van der Waals surface area contributed by atoms with Gasteiger partial charge in [0, 0.05) is 46.7 Å². The second kappa shape index (κ2) is 5.93. The van der Waals surface area contributed by atoms with Gasteiger partial charge in [0.25, 0.3) is 0 Å². The second-order valence-corrected chi connectivity index (χ2v) is 8.47. The predicted octanol–water partition coefficient (Wildman–Crippen LogP) is 3.53. The fraction of sp³-hybridized carbons (Fsp3) is 0.400. The van der Waals surface area contributed by atoms with Gasteiger partial charge < -0.3 is 15.2 Å². The van der Waals surface area contributed by atoms with Crippen molar-refractivity contribution in [3.8, 4) is 0 Å². The molecule has 1 unspecified atom stereocenters. The van der Waals surface area contributed by atoms with Crippen molar-refractivity contribution in [1.29, 1.82) is 0 Å². The minimum Gasteiger partial charge on any atom is -0.358 e. The average molecular weight is 366 g/mol. The van der Waals surface area contributed by atoms with E-state index in [1.54, 1.807) is 6.20 Å². The van der Waals surface area contributed by atoms with E-state index in [2.05, 4.69) is 52.4 Å².